The second-order valence-corrected chi connectivity index (χ2v) is 6.22. The van der Waals surface area contributed by atoms with Crippen molar-refractivity contribution >= 4 is 17.5 Å². The predicted octanol–water partition coefficient (Wildman–Crippen LogP) is 3.53. The molecule has 2 heterocycles. The average molecular weight is 355 g/mol. The molecule has 0 spiro atoms. The molecule has 5 nitrogen and oxygen atoms in total. The molecule has 0 unspecified atom stereocenters. The summed E-state index contributed by atoms with van der Waals surface area (Å²) in [5.41, 5.74) is 4.16. The highest BCUT2D eigenvalue weighted by molar-refractivity contribution is 6.31. The van der Waals surface area contributed by atoms with Gasteiger partial charge in [0.25, 0.3) is 5.91 Å². The van der Waals surface area contributed by atoms with E-state index in [-0.39, 0.29) is 5.91 Å². The van der Waals surface area contributed by atoms with Gasteiger partial charge in [0, 0.05) is 11.8 Å². The molecule has 0 atom stereocenters. The van der Waals surface area contributed by atoms with E-state index < -0.39 is 0 Å². The van der Waals surface area contributed by atoms with Gasteiger partial charge in [0.2, 0.25) is 0 Å². The summed E-state index contributed by atoms with van der Waals surface area (Å²) in [6, 6.07) is 13.1. The number of halogens is 1. The SMILES string of the molecule is Cc1nn(Cc2cccc(C(=O)NCc3ccccn3)c2)c(C)c1Cl. The number of benzene rings is 1. The topological polar surface area (TPSA) is 59.8 Å². The molecule has 3 rings (SSSR count). The second-order valence-electron chi connectivity index (χ2n) is 5.85. The Kier molecular flexibility index (Phi) is 5.14. The van der Waals surface area contributed by atoms with Gasteiger partial charge in [-0.15, -0.1) is 0 Å². The Bertz CT molecular complexity index is 890. The third kappa shape index (κ3) is 4.06. The van der Waals surface area contributed by atoms with Crippen LogP contribution in [0.5, 0.6) is 0 Å². The number of nitrogens with zero attached hydrogens (tertiary/aromatic N) is 3. The number of aromatic nitrogens is 3. The Morgan fingerprint density at radius 3 is 2.72 bits per heavy atom. The van der Waals surface area contributed by atoms with Gasteiger partial charge in [0.1, 0.15) is 0 Å². The Balaban J connectivity index is 1.70. The summed E-state index contributed by atoms with van der Waals surface area (Å²) in [7, 11) is 0. The molecule has 3 aromatic rings. The van der Waals surface area contributed by atoms with Gasteiger partial charge in [-0.1, -0.05) is 29.8 Å². The summed E-state index contributed by atoms with van der Waals surface area (Å²) in [5.74, 6) is -0.126. The Labute approximate surface area is 151 Å². The maximum absolute atomic E-state index is 12.4. The molecule has 1 aromatic carbocycles. The summed E-state index contributed by atoms with van der Waals surface area (Å²) >= 11 is 6.19. The van der Waals surface area contributed by atoms with Crippen LogP contribution in [0.1, 0.15) is 33.0 Å². The highest BCUT2D eigenvalue weighted by Crippen LogP contribution is 2.20. The number of aryl methyl sites for hydroxylation is 1. The molecule has 0 saturated carbocycles. The van der Waals surface area contributed by atoms with Crippen molar-refractivity contribution in [3.63, 3.8) is 0 Å². The highest BCUT2D eigenvalue weighted by Gasteiger charge is 2.11. The molecule has 0 saturated heterocycles. The predicted molar refractivity (Wildman–Crippen MR) is 97.7 cm³/mol. The van der Waals surface area contributed by atoms with E-state index in [1.807, 2.05) is 54.9 Å². The standard InChI is InChI=1S/C19H19ClN4O/c1-13-18(20)14(2)24(23-13)12-15-6-5-7-16(10-15)19(25)22-11-17-8-3-4-9-21-17/h3-10H,11-12H2,1-2H3,(H,22,25). The zero-order valence-corrected chi connectivity index (χ0v) is 14.9. The first-order valence-corrected chi connectivity index (χ1v) is 8.39. The molecular formula is C19H19ClN4O. The van der Waals surface area contributed by atoms with Crippen LogP contribution in [0, 0.1) is 13.8 Å². The van der Waals surface area contributed by atoms with Crippen LogP contribution < -0.4 is 5.32 Å². The fourth-order valence-electron chi connectivity index (χ4n) is 2.59. The third-order valence-corrected chi connectivity index (χ3v) is 4.52. The lowest BCUT2D eigenvalue weighted by molar-refractivity contribution is 0.0950. The lowest BCUT2D eigenvalue weighted by Crippen LogP contribution is -2.23. The van der Waals surface area contributed by atoms with Crippen molar-refractivity contribution < 1.29 is 4.79 Å². The van der Waals surface area contributed by atoms with Crippen molar-refractivity contribution in [2.75, 3.05) is 0 Å². The lowest BCUT2D eigenvalue weighted by atomic mass is 10.1. The van der Waals surface area contributed by atoms with Crippen molar-refractivity contribution in [3.05, 3.63) is 81.9 Å². The first kappa shape index (κ1) is 17.2. The minimum absolute atomic E-state index is 0.126. The highest BCUT2D eigenvalue weighted by atomic mass is 35.5. The number of carbonyl (C=O) groups excluding carboxylic acids is 1. The fourth-order valence-corrected chi connectivity index (χ4v) is 2.72. The summed E-state index contributed by atoms with van der Waals surface area (Å²) in [5, 5.41) is 8.00. The number of rotatable bonds is 5. The zero-order chi connectivity index (χ0) is 17.8. The number of carbonyl (C=O) groups is 1. The Morgan fingerprint density at radius 2 is 2.04 bits per heavy atom. The minimum atomic E-state index is -0.126. The largest absolute Gasteiger partial charge is 0.346 e. The van der Waals surface area contributed by atoms with Crippen LogP contribution in [0.15, 0.2) is 48.7 Å². The average Bonchev–Trinajstić information content (AvgIpc) is 2.87. The van der Waals surface area contributed by atoms with Gasteiger partial charge in [0.15, 0.2) is 0 Å². The van der Waals surface area contributed by atoms with Crippen LogP contribution in [0.3, 0.4) is 0 Å². The summed E-state index contributed by atoms with van der Waals surface area (Å²) in [4.78, 5) is 16.6. The number of pyridine rings is 1. The lowest BCUT2D eigenvalue weighted by Gasteiger charge is -2.08. The maximum Gasteiger partial charge on any atom is 0.251 e. The van der Waals surface area contributed by atoms with E-state index >= 15 is 0 Å². The van der Waals surface area contributed by atoms with Gasteiger partial charge in [-0.3, -0.25) is 14.5 Å². The van der Waals surface area contributed by atoms with Crippen molar-refractivity contribution in [2.45, 2.75) is 26.9 Å². The smallest absolute Gasteiger partial charge is 0.251 e. The maximum atomic E-state index is 12.4. The van der Waals surface area contributed by atoms with E-state index in [2.05, 4.69) is 15.4 Å². The van der Waals surface area contributed by atoms with Crippen molar-refractivity contribution in [3.8, 4) is 0 Å². The van der Waals surface area contributed by atoms with Crippen LogP contribution in [0.2, 0.25) is 5.02 Å². The fraction of sp³-hybridized carbons (Fsp3) is 0.211. The quantitative estimate of drug-likeness (QED) is 0.762. The van der Waals surface area contributed by atoms with Gasteiger partial charge in [-0.25, -0.2) is 0 Å². The Morgan fingerprint density at radius 1 is 1.20 bits per heavy atom. The molecule has 25 heavy (non-hydrogen) atoms. The summed E-state index contributed by atoms with van der Waals surface area (Å²) in [6.45, 7) is 4.79. The molecule has 1 amide bonds. The molecule has 0 bridgehead atoms. The van der Waals surface area contributed by atoms with Crippen LogP contribution in [-0.4, -0.2) is 20.7 Å². The summed E-state index contributed by atoms with van der Waals surface area (Å²) < 4.78 is 1.85. The van der Waals surface area contributed by atoms with Crippen molar-refractivity contribution in [1.29, 1.82) is 0 Å². The molecule has 0 aliphatic rings. The molecule has 0 radical (unpaired) electrons. The molecule has 0 fully saturated rings. The van der Waals surface area contributed by atoms with Gasteiger partial charge in [-0.2, -0.15) is 5.10 Å². The monoisotopic (exact) mass is 354 g/mol. The van der Waals surface area contributed by atoms with Crippen LogP contribution in [0.25, 0.3) is 0 Å². The van der Waals surface area contributed by atoms with E-state index in [1.165, 1.54) is 0 Å². The first-order valence-electron chi connectivity index (χ1n) is 8.01. The van der Waals surface area contributed by atoms with Crippen LogP contribution in [-0.2, 0) is 13.1 Å². The van der Waals surface area contributed by atoms with Crippen molar-refractivity contribution in [2.24, 2.45) is 0 Å². The zero-order valence-electron chi connectivity index (χ0n) is 14.2. The molecule has 1 N–H and O–H groups in total. The van der Waals surface area contributed by atoms with Crippen LogP contribution >= 0.6 is 11.6 Å². The normalized spacial score (nSPS) is 10.7. The number of nitrogens with one attached hydrogen (secondary N) is 1. The molecule has 128 valence electrons. The molecule has 0 aliphatic carbocycles. The van der Waals surface area contributed by atoms with Crippen molar-refractivity contribution in [1.82, 2.24) is 20.1 Å². The minimum Gasteiger partial charge on any atom is -0.346 e. The van der Waals surface area contributed by atoms with E-state index in [0.717, 1.165) is 22.6 Å². The Hall–Kier alpha value is -2.66. The summed E-state index contributed by atoms with van der Waals surface area (Å²) in [6.07, 6.45) is 1.71. The van der Waals surface area contributed by atoms with Gasteiger partial charge in [-0.05, 0) is 43.7 Å². The van der Waals surface area contributed by atoms with Crippen LogP contribution in [0.4, 0.5) is 0 Å². The second kappa shape index (κ2) is 7.49. The molecule has 6 heteroatoms. The number of hydrogen-bond acceptors (Lipinski definition) is 3. The third-order valence-electron chi connectivity index (χ3n) is 3.97. The number of hydrogen-bond donors (Lipinski definition) is 1. The number of amides is 1. The van der Waals surface area contributed by atoms with E-state index in [0.29, 0.717) is 23.7 Å². The van der Waals surface area contributed by atoms with Gasteiger partial charge >= 0.3 is 0 Å². The molecule has 0 aliphatic heterocycles. The van der Waals surface area contributed by atoms with E-state index in [1.54, 1.807) is 12.3 Å². The van der Waals surface area contributed by atoms with E-state index in [4.69, 9.17) is 11.6 Å². The molecule has 2 aromatic heterocycles. The first-order chi connectivity index (χ1) is 12.0. The molecular weight excluding hydrogens is 336 g/mol. The van der Waals surface area contributed by atoms with E-state index in [9.17, 15) is 4.79 Å². The van der Waals surface area contributed by atoms with Gasteiger partial charge in [0.05, 0.1) is 35.2 Å². The van der Waals surface area contributed by atoms with Gasteiger partial charge < -0.3 is 5.32 Å².